The van der Waals surface area contributed by atoms with Crippen molar-refractivity contribution in [1.82, 2.24) is 15.0 Å². The van der Waals surface area contributed by atoms with Gasteiger partial charge in [0.05, 0.1) is 13.0 Å². The van der Waals surface area contributed by atoms with Crippen LogP contribution in [0, 0.1) is 5.92 Å². The molecule has 1 atom stereocenters. The number of aromatic nitrogens is 2. The Bertz CT molecular complexity index is 781. The summed E-state index contributed by atoms with van der Waals surface area (Å²) in [5.41, 5.74) is 0.900. The molecule has 4 rings (SSSR count). The maximum atomic E-state index is 12.8. The molecular formula is C22H29N3O3. The molecule has 2 aromatic rings. The second-order valence-electron chi connectivity index (χ2n) is 8.07. The zero-order valence-corrected chi connectivity index (χ0v) is 16.6. The third-order valence-corrected chi connectivity index (χ3v) is 6.10. The number of likely N-dealkylation sites (tertiary alicyclic amines) is 1. The monoisotopic (exact) mass is 383 g/mol. The number of piperidine rings is 1. The van der Waals surface area contributed by atoms with Crippen molar-refractivity contribution in [2.45, 2.75) is 57.3 Å². The van der Waals surface area contributed by atoms with Gasteiger partial charge in [0.15, 0.2) is 0 Å². The molecule has 6 nitrogen and oxygen atoms in total. The van der Waals surface area contributed by atoms with Crippen LogP contribution in [0.4, 0.5) is 0 Å². The van der Waals surface area contributed by atoms with Gasteiger partial charge in [0.25, 0.3) is 0 Å². The van der Waals surface area contributed by atoms with Gasteiger partial charge in [-0.2, -0.15) is 4.98 Å². The second kappa shape index (κ2) is 8.76. The van der Waals surface area contributed by atoms with E-state index in [1.54, 1.807) is 7.11 Å². The SMILES string of the molecule is COc1ccc(-c2noc([C@H]3CCCN(C(=O)CC4CCCCC4)C3)n2)cc1. The molecule has 1 aliphatic carbocycles. The van der Waals surface area contributed by atoms with Crippen molar-refractivity contribution in [2.75, 3.05) is 20.2 Å². The van der Waals surface area contributed by atoms with Gasteiger partial charge in [-0.05, 0) is 55.9 Å². The first kappa shape index (κ1) is 19.0. The normalized spacial score (nSPS) is 20.9. The zero-order chi connectivity index (χ0) is 19.3. The van der Waals surface area contributed by atoms with Crippen LogP contribution in [0.2, 0.25) is 0 Å². The Hall–Kier alpha value is -2.37. The van der Waals surface area contributed by atoms with E-state index in [1.165, 1.54) is 32.1 Å². The lowest BCUT2D eigenvalue weighted by atomic mass is 9.86. The summed E-state index contributed by atoms with van der Waals surface area (Å²) in [5.74, 6) is 3.03. The Morgan fingerprint density at radius 3 is 2.68 bits per heavy atom. The molecule has 1 saturated carbocycles. The Morgan fingerprint density at radius 2 is 1.93 bits per heavy atom. The lowest BCUT2D eigenvalue weighted by Crippen LogP contribution is -2.40. The molecule has 0 radical (unpaired) electrons. The summed E-state index contributed by atoms with van der Waals surface area (Å²) in [5, 5.41) is 4.15. The zero-order valence-electron chi connectivity index (χ0n) is 16.6. The van der Waals surface area contributed by atoms with Crippen molar-refractivity contribution >= 4 is 5.91 Å². The predicted molar refractivity (Wildman–Crippen MR) is 106 cm³/mol. The van der Waals surface area contributed by atoms with E-state index in [-0.39, 0.29) is 5.92 Å². The number of nitrogens with zero attached hydrogens (tertiary/aromatic N) is 3. The molecule has 0 unspecified atom stereocenters. The maximum absolute atomic E-state index is 12.8. The van der Waals surface area contributed by atoms with Gasteiger partial charge in [-0.3, -0.25) is 4.79 Å². The molecule has 1 amide bonds. The highest BCUT2D eigenvalue weighted by Crippen LogP contribution is 2.31. The quantitative estimate of drug-likeness (QED) is 0.764. The number of benzene rings is 1. The predicted octanol–water partition coefficient (Wildman–Crippen LogP) is 4.42. The molecule has 0 bridgehead atoms. The molecule has 1 aromatic carbocycles. The van der Waals surface area contributed by atoms with Crippen LogP contribution in [0.3, 0.4) is 0 Å². The molecule has 2 fully saturated rings. The molecule has 1 aliphatic heterocycles. The first-order valence-corrected chi connectivity index (χ1v) is 10.5. The summed E-state index contributed by atoms with van der Waals surface area (Å²) in [7, 11) is 1.64. The number of ether oxygens (including phenoxy) is 1. The summed E-state index contributed by atoms with van der Waals surface area (Å²) in [6.07, 6.45) is 8.96. The number of hydrogen-bond acceptors (Lipinski definition) is 5. The van der Waals surface area contributed by atoms with Crippen molar-refractivity contribution < 1.29 is 14.1 Å². The minimum atomic E-state index is 0.128. The Labute approximate surface area is 166 Å². The summed E-state index contributed by atoms with van der Waals surface area (Å²) in [6, 6.07) is 7.62. The standard InChI is InChI=1S/C22H29N3O3/c1-27-19-11-9-17(10-12-19)21-23-22(28-24-21)18-8-5-13-25(15-18)20(26)14-16-6-3-2-4-7-16/h9-12,16,18H,2-8,13-15H2,1H3/t18-/m0/s1. The van der Waals surface area contributed by atoms with Crippen molar-refractivity contribution in [1.29, 1.82) is 0 Å². The summed E-state index contributed by atoms with van der Waals surface area (Å²) in [6.45, 7) is 1.54. The van der Waals surface area contributed by atoms with Crippen LogP contribution in [0.1, 0.15) is 63.2 Å². The first-order valence-electron chi connectivity index (χ1n) is 10.5. The molecule has 1 aromatic heterocycles. The Kier molecular flexibility index (Phi) is 5.93. The maximum Gasteiger partial charge on any atom is 0.231 e. The highest BCUT2D eigenvalue weighted by atomic mass is 16.5. The van der Waals surface area contributed by atoms with Gasteiger partial charge >= 0.3 is 0 Å². The Morgan fingerprint density at radius 1 is 1.14 bits per heavy atom. The van der Waals surface area contributed by atoms with Gasteiger partial charge in [-0.25, -0.2) is 0 Å². The molecule has 150 valence electrons. The molecule has 0 N–H and O–H groups in total. The minimum Gasteiger partial charge on any atom is -0.497 e. The largest absolute Gasteiger partial charge is 0.497 e. The lowest BCUT2D eigenvalue weighted by molar-refractivity contribution is -0.133. The average Bonchev–Trinajstić information content (AvgIpc) is 3.25. The lowest BCUT2D eigenvalue weighted by Gasteiger charge is -2.32. The van der Waals surface area contributed by atoms with E-state index in [2.05, 4.69) is 10.1 Å². The second-order valence-corrected chi connectivity index (χ2v) is 8.07. The third kappa shape index (κ3) is 4.37. The smallest absolute Gasteiger partial charge is 0.231 e. The van der Waals surface area contributed by atoms with Crippen molar-refractivity contribution in [3.05, 3.63) is 30.2 Å². The topological polar surface area (TPSA) is 68.5 Å². The van der Waals surface area contributed by atoms with Gasteiger partial charge in [0.1, 0.15) is 5.75 Å². The van der Waals surface area contributed by atoms with E-state index >= 15 is 0 Å². The fourth-order valence-corrected chi connectivity index (χ4v) is 4.43. The van der Waals surface area contributed by atoms with Crippen LogP contribution in [-0.2, 0) is 4.79 Å². The molecular weight excluding hydrogens is 354 g/mol. The van der Waals surface area contributed by atoms with Crippen molar-refractivity contribution in [3.63, 3.8) is 0 Å². The molecule has 2 heterocycles. The van der Waals surface area contributed by atoms with E-state index in [9.17, 15) is 4.79 Å². The van der Waals surface area contributed by atoms with Crippen LogP contribution in [0.15, 0.2) is 28.8 Å². The van der Waals surface area contributed by atoms with Gasteiger partial charge in [0, 0.05) is 25.1 Å². The molecule has 6 heteroatoms. The molecule has 1 saturated heterocycles. The van der Waals surface area contributed by atoms with Crippen LogP contribution in [-0.4, -0.2) is 41.1 Å². The highest BCUT2D eigenvalue weighted by Gasteiger charge is 2.30. The third-order valence-electron chi connectivity index (χ3n) is 6.10. The van der Waals surface area contributed by atoms with Crippen LogP contribution in [0.5, 0.6) is 5.75 Å². The van der Waals surface area contributed by atoms with Crippen molar-refractivity contribution in [3.8, 4) is 17.1 Å². The van der Waals surface area contributed by atoms with Gasteiger partial charge < -0.3 is 14.2 Å². The van der Waals surface area contributed by atoms with Crippen LogP contribution in [0.25, 0.3) is 11.4 Å². The van der Waals surface area contributed by atoms with Crippen LogP contribution < -0.4 is 4.74 Å². The number of hydrogen-bond donors (Lipinski definition) is 0. The van der Waals surface area contributed by atoms with E-state index in [0.717, 1.165) is 30.7 Å². The fourth-order valence-electron chi connectivity index (χ4n) is 4.43. The molecule has 2 aliphatic rings. The number of carbonyl (C=O) groups excluding carboxylic acids is 1. The minimum absolute atomic E-state index is 0.128. The van der Waals surface area contributed by atoms with Crippen LogP contribution >= 0.6 is 0 Å². The first-order chi connectivity index (χ1) is 13.7. The average molecular weight is 383 g/mol. The molecule has 0 spiro atoms. The summed E-state index contributed by atoms with van der Waals surface area (Å²) >= 11 is 0. The molecule has 28 heavy (non-hydrogen) atoms. The van der Waals surface area contributed by atoms with E-state index < -0.39 is 0 Å². The van der Waals surface area contributed by atoms with Gasteiger partial charge in [-0.1, -0.05) is 24.4 Å². The van der Waals surface area contributed by atoms with E-state index in [1.807, 2.05) is 29.2 Å². The fraction of sp³-hybridized carbons (Fsp3) is 0.591. The van der Waals surface area contributed by atoms with E-state index in [4.69, 9.17) is 9.26 Å². The van der Waals surface area contributed by atoms with E-state index in [0.29, 0.717) is 36.5 Å². The number of carbonyl (C=O) groups is 1. The van der Waals surface area contributed by atoms with Crippen molar-refractivity contribution in [2.24, 2.45) is 5.92 Å². The highest BCUT2D eigenvalue weighted by molar-refractivity contribution is 5.76. The number of methoxy groups -OCH3 is 1. The Balaban J connectivity index is 1.38. The summed E-state index contributed by atoms with van der Waals surface area (Å²) in [4.78, 5) is 19.4. The number of amides is 1. The summed E-state index contributed by atoms with van der Waals surface area (Å²) < 4.78 is 10.8. The number of rotatable bonds is 5. The van der Waals surface area contributed by atoms with Gasteiger partial charge in [-0.15, -0.1) is 0 Å². The van der Waals surface area contributed by atoms with Gasteiger partial charge in [0.2, 0.25) is 17.6 Å².